The van der Waals surface area contributed by atoms with Gasteiger partial charge in [0, 0.05) is 6.42 Å². The van der Waals surface area contributed by atoms with Crippen LogP contribution in [0.1, 0.15) is 18.4 Å². The highest BCUT2D eigenvalue weighted by Gasteiger charge is 2.10. The minimum Gasteiger partial charge on any atom is -0.228 e. The third-order valence-corrected chi connectivity index (χ3v) is 3.66. The van der Waals surface area contributed by atoms with Gasteiger partial charge in [-0.2, -0.15) is 5.26 Å². The zero-order chi connectivity index (χ0) is 11.1. The third kappa shape index (κ3) is 4.61. The molecule has 0 unspecified atom stereocenters. The normalized spacial score (nSPS) is 10.9. The fourth-order valence-electron chi connectivity index (χ4n) is 1.27. The maximum Gasteiger partial charge on any atom is 0.154 e. The Balaban J connectivity index is 2.54. The zero-order valence-electron chi connectivity index (χ0n) is 8.39. The van der Waals surface area contributed by atoms with Crippen molar-refractivity contribution in [3.8, 4) is 6.07 Å². The van der Waals surface area contributed by atoms with Crippen molar-refractivity contribution in [1.29, 1.82) is 5.26 Å². The third-order valence-electron chi connectivity index (χ3n) is 1.97. The first-order valence-electron chi connectivity index (χ1n) is 4.75. The van der Waals surface area contributed by atoms with Gasteiger partial charge in [0.1, 0.15) is 0 Å². The molecule has 1 aromatic carbocycles. The molecule has 0 heterocycles. The van der Waals surface area contributed by atoms with Gasteiger partial charge in [-0.05, 0) is 12.0 Å². The topological polar surface area (TPSA) is 57.9 Å². The molecule has 0 amide bonds. The summed E-state index contributed by atoms with van der Waals surface area (Å²) >= 11 is 0. The van der Waals surface area contributed by atoms with Crippen LogP contribution >= 0.6 is 0 Å². The Labute approximate surface area is 90.3 Å². The minimum absolute atomic E-state index is 0.0687. The van der Waals surface area contributed by atoms with Gasteiger partial charge in [-0.15, -0.1) is 0 Å². The van der Waals surface area contributed by atoms with Crippen molar-refractivity contribution < 1.29 is 8.42 Å². The van der Waals surface area contributed by atoms with Crippen molar-refractivity contribution in [2.75, 3.05) is 5.75 Å². The highest BCUT2D eigenvalue weighted by Crippen LogP contribution is 2.07. The van der Waals surface area contributed by atoms with Gasteiger partial charge in [-0.3, -0.25) is 0 Å². The lowest BCUT2D eigenvalue weighted by molar-refractivity contribution is 0.593. The van der Waals surface area contributed by atoms with E-state index in [1.54, 1.807) is 12.1 Å². The first kappa shape index (κ1) is 11.7. The molecule has 0 fully saturated rings. The number of sulfone groups is 1. The molecule has 0 saturated heterocycles. The van der Waals surface area contributed by atoms with Crippen LogP contribution in [0.3, 0.4) is 0 Å². The van der Waals surface area contributed by atoms with Crippen molar-refractivity contribution in [2.24, 2.45) is 0 Å². The molecule has 3 nitrogen and oxygen atoms in total. The molecular weight excluding hydrogens is 210 g/mol. The predicted molar refractivity (Wildman–Crippen MR) is 58.8 cm³/mol. The summed E-state index contributed by atoms with van der Waals surface area (Å²) in [5, 5.41) is 8.31. The first-order valence-corrected chi connectivity index (χ1v) is 6.57. The van der Waals surface area contributed by atoms with E-state index in [-0.39, 0.29) is 11.5 Å². The molecule has 0 radical (unpaired) electrons. The number of unbranched alkanes of at least 4 members (excludes halogenated alkanes) is 1. The summed E-state index contributed by atoms with van der Waals surface area (Å²) in [6, 6.07) is 11.0. The smallest absolute Gasteiger partial charge is 0.154 e. The van der Waals surface area contributed by atoms with Crippen molar-refractivity contribution in [3.05, 3.63) is 35.9 Å². The van der Waals surface area contributed by atoms with E-state index in [0.29, 0.717) is 12.8 Å². The molecule has 0 aliphatic heterocycles. The van der Waals surface area contributed by atoms with Crippen molar-refractivity contribution >= 4 is 9.84 Å². The van der Waals surface area contributed by atoms with Gasteiger partial charge >= 0.3 is 0 Å². The minimum atomic E-state index is -3.06. The van der Waals surface area contributed by atoms with Crippen LogP contribution in [0.4, 0.5) is 0 Å². The Morgan fingerprint density at radius 2 is 1.87 bits per heavy atom. The van der Waals surface area contributed by atoms with E-state index in [1.165, 1.54) is 0 Å². The van der Waals surface area contributed by atoms with Crippen molar-refractivity contribution in [2.45, 2.75) is 18.6 Å². The van der Waals surface area contributed by atoms with E-state index < -0.39 is 9.84 Å². The van der Waals surface area contributed by atoms with Gasteiger partial charge in [-0.25, -0.2) is 8.42 Å². The lowest BCUT2D eigenvalue weighted by Crippen LogP contribution is -2.09. The fraction of sp³-hybridized carbons (Fsp3) is 0.364. The van der Waals surface area contributed by atoms with Crippen LogP contribution in [0.25, 0.3) is 0 Å². The summed E-state index contributed by atoms with van der Waals surface area (Å²) in [7, 11) is -3.06. The predicted octanol–water partition coefficient (Wildman–Crippen LogP) is 1.91. The number of nitrogens with zero attached hydrogens (tertiary/aromatic N) is 1. The lowest BCUT2D eigenvalue weighted by atomic mass is 10.2. The quantitative estimate of drug-likeness (QED) is 0.716. The van der Waals surface area contributed by atoms with E-state index in [9.17, 15) is 8.42 Å². The van der Waals surface area contributed by atoms with Crippen molar-refractivity contribution in [3.63, 3.8) is 0 Å². The van der Waals surface area contributed by atoms with Crippen LogP contribution in [0.2, 0.25) is 0 Å². The van der Waals surface area contributed by atoms with Crippen LogP contribution in [0.5, 0.6) is 0 Å². The molecule has 80 valence electrons. The number of hydrogen-bond acceptors (Lipinski definition) is 3. The van der Waals surface area contributed by atoms with Gasteiger partial charge in [0.05, 0.1) is 17.6 Å². The molecule has 1 rings (SSSR count). The van der Waals surface area contributed by atoms with Crippen LogP contribution in [0.15, 0.2) is 30.3 Å². The van der Waals surface area contributed by atoms with E-state index in [0.717, 1.165) is 5.56 Å². The summed E-state index contributed by atoms with van der Waals surface area (Å²) in [5.74, 6) is 0.161. The van der Waals surface area contributed by atoms with Gasteiger partial charge in [0.15, 0.2) is 9.84 Å². The SMILES string of the molecule is N#CCCCS(=O)(=O)Cc1ccccc1. The molecule has 0 bridgehead atoms. The molecule has 0 aliphatic carbocycles. The molecular formula is C11H13NO2S. The van der Waals surface area contributed by atoms with Crippen LogP contribution < -0.4 is 0 Å². The molecule has 15 heavy (non-hydrogen) atoms. The zero-order valence-corrected chi connectivity index (χ0v) is 9.20. The molecule has 0 atom stereocenters. The van der Waals surface area contributed by atoms with Crippen LogP contribution in [0, 0.1) is 11.3 Å². The Kier molecular flexibility index (Phi) is 4.32. The van der Waals surface area contributed by atoms with Gasteiger partial charge in [-0.1, -0.05) is 30.3 Å². The standard InChI is InChI=1S/C11H13NO2S/c12-8-4-5-9-15(13,14)10-11-6-2-1-3-7-11/h1-3,6-7H,4-5,9-10H2. The molecule has 1 aromatic rings. The fourth-order valence-corrected chi connectivity index (χ4v) is 2.70. The second-order valence-electron chi connectivity index (χ2n) is 3.34. The van der Waals surface area contributed by atoms with E-state index in [1.807, 2.05) is 24.3 Å². The van der Waals surface area contributed by atoms with E-state index in [4.69, 9.17) is 5.26 Å². The summed E-state index contributed by atoms with van der Waals surface area (Å²) in [4.78, 5) is 0. The van der Waals surface area contributed by atoms with Crippen LogP contribution in [-0.4, -0.2) is 14.2 Å². The molecule has 0 aromatic heterocycles. The largest absolute Gasteiger partial charge is 0.228 e. The summed E-state index contributed by atoms with van der Waals surface area (Å²) in [6.45, 7) is 0. The van der Waals surface area contributed by atoms with E-state index >= 15 is 0 Å². The molecule has 4 heteroatoms. The highest BCUT2D eigenvalue weighted by molar-refractivity contribution is 7.90. The second-order valence-corrected chi connectivity index (χ2v) is 5.52. The van der Waals surface area contributed by atoms with Crippen LogP contribution in [-0.2, 0) is 15.6 Å². The Hall–Kier alpha value is -1.34. The molecule has 0 saturated carbocycles. The summed E-state index contributed by atoms with van der Waals surface area (Å²) in [5.41, 5.74) is 0.800. The lowest BCUT2D eigenvalue weighted by Gasteiger charge is -2.02. The highest BCUT2D eigenvalue weighted by atomic mass is 32.2. The Morgan fingerprint density at radius 1 is 1.20 bits per heavy atom. The number of benzene rings is 1. The molecule has 0 aliphatic rings. The van der Waals surface area contributed by atoms with Gasteiger partial charge < -0.3 is 0 Å². The maximum atomic E-state index is 11.6. The Bertz CT molecular complexity index is 431. The molecule has 0 N–H and O–H groups in total. The monoisotopic (exact) mass is 223 g/mol. The maximum absolute atomic E-state index is 11.6. The van der Waals surface area contributed by atoms with Gasteiger partial charge in [0.25, 0.3) is 0 Å². The molecule has 0 spiro atoms. The number of nitriles is 1. The Morgan fingerprint density at radius 3 is 2.47 bits per heavy atom. The summed E-state index contributed by atoms with van der Waals surface area (Å²) < 4.78 is 23.1. The number of rotatable bonds is 5. The second kappa shape index (κ2) is 5.52. The van der Waals surface area contributed by atoms with Gasteiger partial charge in [0.2, 0.25) is 0 Å². The summed E-state index contributed by atoms with van der Waals surface area (Å²) in [6.07, 6.45) is 0.722. The van der Waals surface area contributed by atoms with Crippen molar-refractivity contribution in [1.82, 2.24) is 0 Å². The average Bonchev–Trinajstić information content (AvgIpc) is 2.18. The van der Waals surface area contributed by atoms with E-state index in [2.05, 4.69) is 0 Å². The average molecular weight is 223 g/mol. The number of hydrogen-bond donors (Lipinski definition) is 0. The first-order chi connectivity index (χ1) is 7.14.